The molecule has 5 nitrogen and oxygen atoms in total. The third-order valence-electron chi connectivity index (χ3n) is 2.41. The van der Waals surface area contributed by atoms with Crippen LogP contribution in [0.4, 0.5) is 5.69 Å². The van der Waals surface area contributed by atoms with Crippen molar-refractivity contribution in [2.24, 2.45) is 0 Å². The molecule has 2 N–H and O–H groups in total. The number of hydrogen-bond donors (Lipinski definition) is 2. The molecule has 0 aliphatic carbocycles. The van der Waals surface area contributed by atoms with Gasteiger partial charge in [0, 0.05) is 16.7 Å². The molecule has 2 rings (SSSR count). The van der Waals surface area contributed by atoms with Crippen molar-refractivity contribution in [3.8, 4) is 11.5 Å². The van der Waals surface area contributed by atoms with Crippen LogP contribution in [0, 0.1) is 0 Å². The van der Waals surface area contributed by atoms with E-state index in [9.17, 15) is 9.90 Å². The Morgan fingerprint density at radius 2 is 2.16 bits per heavy atom. The lowest BCUT2D eigenvalue weighted by Crippen LogP contribution is -2.12. The average Bonchev–Trinajstić information content (AvgIpc) is 2.41. The summed E-state index contributed by atoms with van der Waals surface area (Å²) in [6.07, 6.45) is 2.64. The van der Waals surface area contributed by atoms with Crippen LogP contribution in [0.15, 0.2) is 41.1 Å². The van der Waals surface area contributed by atoms with Crippen LogP contribution in [0.2, 0.25) is 0 Å². The Morgan fingerprint density at radius 3 is 2.84 bits per heavy atom. The number of rotatable bonds is 3. The number of amides is 1. The van der Waals surface area contributed by atoms with Gasteiger partial charge >= 0.3 is 0 Å². The molecule has 0 radical (unpaired) electrons. The van der Waals surface area contributed by atoms with Gasteiger partial charge in [-0.25, -0.2) is 0 Å². The quantitative estimate of drug-likeness (QED) is 0.911. The van der Waals surface area contributed by atoms with Crippen molar-refractivity contribution in [2.45, 2.75) is 0 Å². The van der Waals surface area contributed by atoms with E-state index in [0.29, 0.717) is 11.4 Å². The number of aromatic hydroxyl groups is 1. The second kappa shape index (κ2) is 5.71. The van der Waals surface area contributed by atoms with Crippen LogP contribution >= 0.6 is 15.9 Å². The number of nitrogens with zero attached hydrogens (tertiary/aromatic N) is 1. The summed E-state index contributed by atoms with van der Waals surface area (Å²) in [4.78, 5) is 15.8. The number of aromatic nitrogens is 1. The van der Waals surface area contributed by atoms with Crippen molar-refractivity contribution in [1.82, 2.24) is 4.98 Å². The molecule has 0 saturated carbocycles. The Bertz CT molecular complexity index is 617. The summed E-state index contributed by atoms with van der Waals surface area (Å²) in [5.41, 5.74) is 0.849. The zero-order valence-electron chi connectivity index (χ0n) is 10.1. The minimum absolute atomic E-state index is 0.0580. The van der Waals surface area contributed by atoms with Crippen LogP contribution in [0.1, 0.15) is 10.4 Å². The standard InChI is InChI=1S/C13H11BrN2O3/c1-19-10-2-3-11(14)12(5-10)16-13(18)8-4-9(17)7-15-6-8/h2-7,17H,1H3,(H,16,18). The highest BCUT2D eigenvalue weighted by molar-refractivity contribution is 9.10. The molecule has 0 spiro atoms. The first-order valence-corrected chi connectivity index (χ1v) is 6.18. The first-order valence-electron chi connectivity index (χ1n) is 5.39. The monoisotopic (exact) mass is 322 g/mol. The maximum atomic E-state index is 12.0. The van der Waals surface area contributed by atoms with Gasteiger partial charge in [0.1, 0.15) is 11.5 Å². The summed E-state index contributed by atoms with van der Waals surface area (Å²) in [7, 11) is 1.55. The number of carbonyl (C=O) groups excluding carboxylic acids is 1. The van der Waals surface area contributed by atoms with Gasteiger partial charge in [0.25, 0.3) is 5.91 Å². The van der Waals surface area contributed by atoms with E-state index in [0.717, 1.165) is 4.47 Å². The average molecular weight is 323 g/mol. The second-order valence-corrected chi connectivity index (χ2v) is 4.59. The summed E-state index contributed by atoms with van der Waals surface area (Å²) < 4.78 is 5.82. The van der Waals surface area contributed by atoms with Gasteiger partial charge in [0.15, 0.2) is 0 Å². The minimum atomic E-state index is -0.364. The van der Waals surface area contributed by atoms with Crippen molar-refractivity contribution in [1.29, 1.82) is 0 Å². The number of methoxy groups -OCH3 is 1. The molecule has 2 aromatic rings. The third-order valence-corrected chi connectivity index (χ3v) is 3.10. The van der Waals surface area contributed by atoms with Gasteiger partial charge in [-0.2, -0.15) is 0 Å². The molecule has 0 saturated heterocycles. The molecule has 1 aromatic heterocycles. The first kappa shape index (κ1) is 13.4. The smallest absolute Gasteiger partial charge is 0.257 e. The van der Waals surface area contributed by atoms with E-state index in [1.54, 1.807) is 25.3 Å². The zero-order valence-corrected chi connectivity index (χ0v) is 11.6. The number of anilines is 1. The van der Waals surface area contributed by atoms with Crippen molar-refractivity contribution in [3.63, 3.8) is 0 Å². The highest BCUT2D eigenvalue weighted by atomic mass is 79.9. The van der Waals surface area contributed by atoms with Crippen LogP contribution in [0.5, 0.6) is 11.5 Å². The third kappa shape index (κ3) is 3.23. The lowest BCUT2D eigenvalue weighted by molar-refractivity contribution is 0.102. The fourth-order valence-electron chi connectivity index (χ4n) is 1.47. The molecule has 0 unspecified atom stereocenters. The van der Waals surface area contributed by atoms with E-state index >= 15 is 0 Å². The predicted molar refractivity (Wildman–Crippen MR) is 74.5 cm³/mol. The lowest BCUT2D eigenvalue weighted by Gasteiger charge is -2.09. The van der Waals surface area contributed by atoms with Crippen LogP contribution in [0.25, 0.3) is 0 Å². The fourth-order valence-corrected chi connectivity index (χ4v) is 1.82. The van der Waals surface area contributed by atoms with Crippen LogP contribution < -0.4 is 10.1 Å². The Hall–Kier alpha value is -2.08. The first-order chi connectivity index (χ1) is 9.10. The highest BCUT2D eigenvalue weighted by Gasteiger charge is 2.10. The van der Waals surface area contributed by atoms with Gasteiger partial charge in [-0.15, -0.1) is 0 Å². The largest absolute Gasteiger partial charge is 0.506 e. The summed E-state index contributed by atoms with van der Waals surface area (Å²) in [6.45, 7) is 0. The molecule has 0 fully saturated rings. The molecular formula is C13H11BrN2O3. The van der Waals surface area contributed by atoms with E-state index < -0.39 is 0 Å². The van der Waals surface area contributed by atoms with Gasteiger partial charge in [-0.1, -0.05) is 0 Å². The van der Waals surface area contributed by atoms with Crippen molar-refractivity contribution < 1.29 is 14.6 Å². The molecule has 1 heterocycles. The summed E-state index contributed by atoms with van der Waals surface area (Å²) in [5, 5.41) is 12.0. The van der Waals surface area contributed by atoms with Crippen molar-refractivity contribution >= 4 is 27.5 Å². The maximum Gasteiger partial charge on any atom is 0.257 e. The number of hydrogen-bond acceptors (Lipinski definition) is 4. The molecule has 0 aliphatic heterocycles. The van der Waals surface area contributed by atoms with Crippen molar-refractivity contribution in [3.05, 3.63) is 46.7 Å². The Balaban J connectivity index is 2.23. The van der Waals surface area contributed by atoms with Crippen LogP contribution in [-0.2, 0) is 0 Å². The van der Waals surface area contributed by atoms with E-state index in [-0.39, 0.29) is 17.2 Å². The number of carbonyl (C=O) groups is 1. The van der Waals surface area contributed by atoms with Gasteiger partial charge in [0.05, 0.1) is 24.6 Å². The number of benzene rings is 1. The van der Waals surface area contributed by atoms with Gasteiger partial charge in [-0.3, -0.25) is 9.78 Å². The topological polar surface area (TPSA) is 71.5 Å². The summed E-state index contributed by atoms with van der Waals surface area (Å²) in [6, 6.07) is 6.58. The van der Waals surface area contributed by atoms with E-state index in [1.165, 1.54) is 18.5 Å². The molecule has 6 heteroatoms. The Kier molecular flexibility index (Phi) is 4.01. The zero-order chi connectivity index (χ0) is 13.8. The van der Waals surface area contributed by atoms with E-state index in [2.05, 4.69) is 26.2 Å². The van der Waals surface area contributed by atoms with E-state index in [4.69, 9.17) is 4.74 Å². The molecule has 1 aromatic carbocycles. The molecular weight excluding hydrogens is 312 g/mol. The molecule has 0 aliphatic rings. The molecule has 1 amide bonds. The van der Waals surface area contributed by atoms with Gasteiger partial charge in [-0.05, 0) is 34.1 Å². The van der Waals surface area contributed by atoms with Crippen LogP contribution in [-0.4, -0.2) is 23.1 Å². The molecule has 0 bridgehead atoms. The summed E-state index contributed by atoms with van der Waals surface area (Å²) in [5.74, 6) is 0.210. The maximum absolute atomic E-state index is 12.0. The lowest BCUT2D eigenvalue weighted by atomic mass is 10.2. The molecule has 19 heavy (non-hydrogen) atoms. The molecule has 0 atom stereocenters. The Labute approximate surface area is 118 Å². The normalized spacial score (nSPS) is 10.0. The predicted octanol–water partition coefficient (Wildman–Crippen LogP) is 2.81. The van der Waals surface area contributed by atoms with Gasteiger partial charge in [0.2, 0.25) is 0 Å². The number of pyridine rings is 1. The molecule has 98 valence electrons. The second-order valence-electron chi connectivity index (χ2n) is 3.73. The van der Waals surface area contributed by atoms with Gasteiger partial charge < -0.3 is 15.2 Å². The fraction of sp³-hybridized carbons (Fsp3) is 0.0769. The SMILES string of the molecule is COc1ccc(Br)c(NC(=O)c2cncc(O)c2)c1. The number of ether oxygens (including phenoxy) is 1. The highest BCUT2D eigenvalue weighted by Crippen LogP contribution is 2.27. The summed E-state index contributed by atoms with van der Waals surface area (Å²) >= 11 is 3.34. The number of nitrogens with one attached hydrogen (secondary N) is 1. The van der Waals surface area contributed by atoms with Crippen molar-refractivity contribution in [2.75, 3.05) is 12.4 Å². The van der Waals surface area contributed by atoms with Crippen LogP contribution in [0.3, 0.4) is 0 Å². The number of halogens is 1. The minimum Gasteiger partial charge on any atom is -0.506 e. The Morgan fingerprint density at radius 1 is 1.37 bits per heavy atom. The van der Waals surface area contributed by atoms with E-state index in [1.807, 2.05) is 0 Å².